The summed E-state index contributed by atoms with van der Waals surface area (Å²) in [6, 6.07) is 15.0. The zero-order valence-corrected chi connectivity index (χ0v) is 25.5. The third-order valence-electron chi connectivity index (χ3n) is 7.24. The quantitative estimate of drug-likeness (QED) is 0.122. The molecule has 236 valence electrons. The molecule has 0 radical (unpaired) electrons. The number of aliphatic hydroxyl groups excluding tert-OH is 1. The van der Waals surface area contributed by atoms with Gasteiger partial charge in [-0.05, 0) is 56.7 Å². The van der Waals surface area contributed by atoms with Gasteiger partial charge in [0.25, 0.3) is 0 Å². The van der Waals surface area contributed by atoms with E-state index in [1.165, 1.54) is 25.3 Å². The number of amides is 1. The van der Waals surface area contributed by atoms with Gasteiger partial charge in [0.1, 0.15) is 22.6 Å². The molecule has 0 aliphatic carbocycles. The fraction of sp³-hybridized carbons (Fsp3) is 0.281. The van der Waals surface area contributed by atoms with Crippen LogP contribution in [0.3, 0.4) is 0 Å². The molecular weight excluding hydrogens is 608 g/mol. The second-order valence-corrected chi connectivity index (χ2v) is 11.3. The molecule has 1 aliphatic heterocycles. The molecule has 1 saturated heterocycles. The fourth-order valence-electron chi connectivity index (χ4n) is 5.05. The van der Waals surface area contributed by atoms with Crippen molar-refractivity contribution in [3.05, 3.63) is 93.1 Å². The number of halogens is 1. The minimum absolute atomic E-state index is 0.00669. The molecule has 5 rings (SSSR count). The molecule has 0 saturated carbocycles. The van der Waals surface area contributed by atoms with Gasteiger partial charge in [0.2, 0.25) is 12.2 Å². The van der Waals surface area contributed by atoms with E-state index in [4.69, 9.17) is 35.0 Å². The molecule has 2 aromatic heterocycles. The predicted octanol–water partition coefficient (Wildman–Crippen LogP) is 4.56. The number of rotatable bonds is 8. The number of aryl methyl sites for hydroxylation is 1. The lowest BCUT2D eigenvalue weighted by atomic mass is 9.89. The summed E-state index contributed by atoms with van der Waals surface area (Å²) in [6.07, 6.45) is -2.32. The van der Waals surface area contributed by atoms with E-state index in [-0.39, 0.29) is 27.4 Å². The number of aromatic amines is 1. The Hall–Kier alpha value is -4.62. The van der Waals surface area contributed by atoms with Gasteiger partial charge in [-0.1, -0.05) is 41.9 Å². The van der Waals surface area contributed by atoms with Crippen molar-refractivity contribution >= 4 is 46.2 Å². The third-order valence-corrected chi connectivity index (χ3v) is 7.60. The lowest BCUT2D eigenvalue weighted by molar-refractivity contribution is -0.305. The average molecular weight is 639 g/mol. The van der Waals surface area contributed by atoms with E-state index in [0.717, 1.165) is 11.3 Å². The smallest absolute Gasteiger partial charge is 0.364 e. The SMILES string of the molecule is CO[C@@H]1[C@@H](OC(=O)c2ccc(C)[nH]2)[C@@H](O)[C@H](Oc2ccc3c(O)c(NC(=O)/C=C/c4ccccc4)c(=O)oc3c2Cl)OC1(C)C. The standard InChI is InChI=1S/C32H31ClN2O10/c1-16-10-13-19(34-16)29(39)44-27-25(38)31(45-32(2,3)28(27)41-4)42-20-14-12-18-24(37)23(30(40)43-26(18)22(20)33)35-21(36)15-11-17-8-6-5-7-9-17/h5-15,25,27-28,31,34,37-38H,1-4H3,(H,35,36)/b15-11+/t25-,27+,28-,31-/m1/s1. The first-order valence-corrected chi connectivity index (χ1v) is 14.2. The van der Waals surface area contributed by atoms with E-state index < -0.39 is 59.1 Å². The number of aromatic hydroxyl groups is 1. The molecule has 13 heteroatoms. The Balaban J connectivity index is 1.39. The Morgan fingerprint density at radius 3 is 2.51 bits per heavy atom. The Morgan fingerprint density at radius 2 is 1.84 bits per heavy atom. The lowest BCUT2D eigenvalue weighted by Crippen LogP contribution is -2.65. The number of anilines is 1. The van der Waals surface area contributed by atoms with E-state index in [9.17, 15) is 24.6 Å². The van der Waals surface area contributed by atoms with Crippen LogP contribution in [0.25, 0.3) is 17.0 Å². The summed E-state index contributed by atoms with van der Waals surface area (Å²) in [5.74, 6) is -2.03. The maximum atomic E-state index is 12.9. The molecule has 4 N–H and O–H groups in total. The topological polar surface area (TPSA) is 170 Å². The molecule has 45 heavy (non-hydrogen) atoms. The van der Waals surface area contributed by atoms with Gasteiger partial charge in [-0.25, -0.2) is 9.59 Å². The molecule has 0 unspecified atom stereocenters. The number of H-pyrrole nitrogens is 1. The highest BCUT2D eigenvalue weighted by Crippen LogP contribution is 2.41. The van der Waals surface area contributed by atoms with Crippen molar-refractivity contribution in [2.24, 2.45) is 0 Å². The fourth-order valence-corrected chi connectivity index (χ4v) is 5.29. The summed E-state index contributed by atoms with van der Waals surface area (Å²) in [5.41, 5.74) is -1.20. The van der Waals surface area contributed by atoms with Gasteiger partial charge in [-0.3, -0.25) is 4.79 Å². The first-order chi connectivity index (χ1) is 21.4. The maximum Gasteiger partial charge on any atom is 0.364 e. The molecule has 2 aromatic carbocycles. The van der Waals surface area contributed by atoms with Crippen LogP contribution in [0.1, 0.15) is 35.6 Å². The van der Waals surface area contributed by atoms with Crippen LogP contribution < -0.4 is 15.7 Å². The van der Waals surface area contributed by atoms with Gasteiger partial charge >= 0.3 is 11.6 Å². The Labute approximate surface area is 262 Å². The van der Waals surface area contributed by atoms with Crippen LogP contribution in [0, 0.1) is 6.92 Å². The highest BCUT2D eigenvalue weighted by molar-refractivity contribution is 6.36. The normalized spacial score (nSPS) is 21.1. The van der Waals surface area contributed by atoms with Crippen LogP contribution in [-0.2, 0) is 19.0 Å². The molecule has 0 bridgehead atoms. The number of methoxy groups -OCH3 is 1. The van der Waals surface area contributed by atoms with Crippen molar-refractivity contribution in [2.75, 3.05) is 12.4 Å². The Morgan fingerprint density at radius 1 is 1.11 bits per heavy atom. The molecule has 0 spiro atoms. The Bertz CT molecular complexity index is 1810. The second kappa shape index (κ2) is 12.8. The van der Waals surface area contributed by atoms with Gasteiger partial charge in [-0.15, -0.1) is 0 Å². The summed E-state index contributed by atoms with van der Waals surface area (Å²) in [7, 11) is 1.40. The van der Waals surface area contributed by atoms with E-state index >= 15 is 0 Å². The average Bonchev–Trinajstić information content (AvgIpc) is 3.45. The van der Waals surface area contributed by atoms with Crippen molar-refractivity contribution < 1.29 is 43.2 Å². The highest BCUT2D eigenvalue weighted by Gasteiger charge is 2.53. The number of fused-ring (bicyclic) bond motifs is 1. The number of carbonyl (C=O) groups excluding carboxylic acids is 2. The van der Waals surface area contributed by atoms with Gasteiger partial charge in [0.15, 0.2) is 29.2 Å². The van der Waals surface area contributed by atoms with Gasteiger partial charge in [-0.2, -0.15) is 0 Å². The summed E-state index contributed by atoms with van der Waals surface area (Å²) in [4.78, 5) is 41.0. The minimum Gasteiger partial charge on any atom is -0.505 e. The Kier molecular flexibility index (Phi) is 9.03. The van der Waals surface area contributed by atoms with Crippen molar-refractivity contribution in [3.63, 3.8) is 0 Å². The van der Waals surface area contributed by atoms with E-state index in [2.05, 4.69) is 10.3 Å². The number of nitrogens with one attached hydrogen (secondary N) is 2. The monoisotopic (exact) mass is 638 g/mol. The van der Waals surface area contributed by atoms with Crippen LogP contribution in [0.5, 0.6) is 11.5 Å². The summed E-state index contributed by atoms with van der Waals surface area (Å²) < 4.78 is 28.5. The number of aromatic nitrogens is 1. The molecular formula is C32H31ClN2O10. The largest absolute Gasteiger partial charge is 0.505 e. The lowest BCUT2D eigenvalue weighted by Gasteiger charge is -2.47. The molecule has 3 heterocycles. The van der Waals surface area contributed by atoms with E-state index in [1.54, 1.807) is 63.2 Å². The summed E-state index contributed by atoms with van der Waals surface area (Å²) >= 11 is 6.54. The number of carbonyl (C=O) groups is 2. The predicted molar refractivity (Wildman–Crippen MR) is 164 cm³/mol. The summed E-state index contributed by atoms with van der Waals surface area (Å²) in [5, 5.41) is 24.2. The van der Waals surface area contributed by atoms with E-state index in [1.807, 2.05) is 6.07 Å². The second-order valence-electron chi connectivity index (χ2n) is 10.9. The molecule has 1 aliphatic rings. The number of hydrogen-bond donors (Lipinski definition) is 4. The van der Waals surface area contributed by atoms with Gasteiger partial charge < -0.3 is 43.9 Å². The molecule has 1 fully saturated rings. The van der Waals surface area contributed by atoms with Crippen LogP contribution >= 0.6 is 11.6 Å². The molecule has 4 aromatic rings. The van der Waals surface area contributed by atoms with Gasteiger partial charge in [0, 0.05) is 18.9 Å². The highest BCUT2D eigenvalue weighted by atomic mass is 35.5. The van der Waals surface area contributed by atoms with Crippen molar-refractivity contribution in [1.29, 1.82) is 0 Å². The van der Waals surface area contributed by atoms with Crippen LogP contribution in [0.2, 0.25) is 5.02 Å². The summed E-state index contributed by atoms with van der Waals surface area (Å²) in [6.45, 7) is 5.13. The van der Waals surface area contributed by atoms with Crippen molar-refractivity contribution in [2.45, 2.75) is 51.0 Å². The van der Waals surface area contributed by atoms with Gasteiger partial charge in [0.05, 0.1) is 11.0 Å². The van der Waals surface area contributed by atoms with E-state index in [0.29, 0.717) is 0 Å². The molecule has 4 atom stereocenters. The van der Waals surface area contributed by atoms with Crippen LogP contribution in [-0.4, -0.2) is 64.4 Å². The minimum atomic E-state index is -1.54. The number of ether oxygens (including phenoxy) is 4. The number of esters is 1. The zero-order valence-electron chi connectivity index (χ0n) is 24.7. The maximum absolute atomic E-state index is 12.9. The first-order valence-electron chi connectivity index (χ1n) is 13.8. The van der Waals surface area contributed by atoms with Crippen LogP contribution in [0.4, 0.5) is 5.69 Å². The number of benzene rings is 2. The third kappa shape index (κ3) is 6.59. The van der Waals surface area contributed by atoms with Crippen molar-refractivity contribution in [1.82, 2.24) is 4.98 Å². The zero-order chi connectivity index (χ0) is 32.5. The number of aliphatic hydroxyl groups is 1. The molecule has 1 amide bonds. The van der Waals surface area contributed by atoms with Crippen LogP contribution in [0.15, 0.2) is 69.9 Å². The first kappa shape index (κ1) is 31.8. The number of hydrogen-bond acceptors (Lipinski definition) is 10. The molecule has 12 nitrogen and oxygen atoms in total. The van der Waals surface area contributed by atoms with Crippen molar-refractivity contribution in [3.8, 4) is 11.5 Å².